The number of Topliss-reactive ketones (excluding diaryl/α,β-unsaturated/α-hetero) is 1. The van der Waals surface area contributed by atoms with Crippen molar-refractivity contribution in [3.63, 3.8) is 0 Å². The first kappa shape index (κ1) is 21.4. The van der Waals surface area contributed by atoms with Crippen molar-refractivity contribution in [1.82, 2.24) is 0 Å². The molecular weight excluding hydrogens is 384 g/mol. The fraction of sp³-hybridized carbons (Fsp3) is 0.348. The van der Waals surface area contributed by atoms with Crippen molar-refractivity contribution in [2.45, 2.75) is 45.4 Å². The second kappa shape index (κ2) is 9.91. The van der Waals surface area contributed by atoms with Crippen molar-refractivity contribution in [2.24, 2.45) is 11.1 Å². The van der Waals surface area contributed by atoms with Crippen LogP contribution in [0.3, 0.4) is 0 Å². The highest BCUT2D eigenvalue weighted by Gasteiger charge is 2.27. The lowest BCUT2D eigenvalue weighted by Gasteiger charge is -2.22. The summed E-state index contributed by atoms with van der Waals surface area (Å²) in [5.74, 6) is -0.712. The van der Waals surface area contributed by atoms with Gasteiger partial charge in [-0.05, 0) is 36.1 Å². The number of hydrogen-bond donors (Lipinski definition) is 0. The van der Waals surface area contributed by atoms with Gasteiger partial charge in [-0.15, -0.1) is 0 Å². The van der Waals surface area contributed by atoms with Gasteiger partial charge in [0, 0.05) is 30.0 Å². The maximum absolute atomic E-state index is 13.1. The molecule has 156 valence electrons. The Hall–Kier alpha value is -3.35. The van der Waals surface area contributed by atoms with Crippen LogP contribution in [-0.2, 0) is 9.63 Å². The number of ketones is 1. The number of nitro benzene ring substituents is 1. The van der Waals surface area contributed by atoms with Crippen LogP contribution in [0.1, 0.15) is 55.8 Å². The Morgan fingerprint density at radius 1 is 1.00 bits per heavy atom. The maximum Gasteiger partial charge on any atom is 0.334 e. The summed E-state index contributed by atoms with van der Waals surface area (Å²) in [6.45, 7) is 1.68. The zero-order valence-corrected chi connectivity index (χ0v) is 16.9. The van der Waals surface area contributed by atoms with Gasteiger partial charge in [0.1, 0.15) is 5.71 Å². The fourth-order valence-corrected chi connectivity index (χ4v) is 3.58. The molecule has 2 aromatic rings. The zero-order valence-electron chi connectivity index (χ0n) is 16.9. The van der Waals surface area contributed by atoms with Crippen molar-refractivity contribution in [3.8, 4) is 11.1 Å². The Bertz CT molecular complexity index is 943. The van der Waals surface area contributed by atoms with Gasteiger partial charge in [0.15, 0.2) is 0 Å². The second-order valence-electron chi connectivity index (χ2n) is 7.34. The van der Waals surface area contributed by atoms with E-state index in [0.717, 1.165) is 43.2 Å². The first-order valence-electron chi connectivity index (χ1n) is 10.2. The van der Waals surface area contributed by atoms with Crippen LogP contribution in [0.15, 0.2) is 53.7 Å². The molecule has 0 bridgehead atoms. The zero-order chi connectivity index (χ0) is 21.5. The number of rotatable bonds is 7. The molecule has 1 aliphatic carbocycles. The van der Waals surface area contributed by atoms with Crippen LogP contribution in [-0.4, -0.2) is 22.4 Å². The summed E-state index contributed by atoms with van der Waals surface area (Å²) in [6.07, 6.45) is 5.09. The largest absolute Gasteiger partial charge is 0.334 e. The summed E-state index contributed by atoms with van der Waals surface area (Å²) in [6, 6.07) is 13.3. The van der Waals surface area contributed by atoms with Gasteiger partial charge in [-0.2, -0.15) is 0 Å². The van der Waals surface area contributed by atoms with E-state index in [0.29, 0.717) is 11.3 Å². The number of hydrogen-bond acceptors (Lipinski definition) is 6. The highest BCUT2D eigenvalue weighted by atomic mass is 16.7. The first-order valence-corrected chi connectivity index (χ1v) is 10.2. The number of nitro groups is 1. The highest BCUT2D eigenvalue weighted by Crippen LogP contribution is 2.28. The molecule has 0 aromatic heterocycles. The smallest absolute Gasteiger partial charge is 0.318 e. The summed E-state index contributed by atoms with van der Waals surface area (Å²) in [5.41, 5.74) is 2.46. The van der Waals surface area contributed by atoms with Crippen molar-refractivity contribution in [3.05, 3.63) is 64.2 Å². The van der Waals surface area contributed by atoms with E-state index in [4.69, 9.17) is 4.84 Å². The van der Waals surface area contributed by atoms with Crippen LogP contribution >= 0.6 is 0 Å². The van der Waals surface area contributed by atoms with Gasteiger partial charge >= 0.3 is 5.97 Å². The van der Waals surface area contributed by atoms with Crippen LogP contribution in [0.5, 0.6) is 0 Å². The summed E-state index contributed by atoms with van der Waals surface area (Å²) >= 11 is 0. The van der Waals surface area contributed by atoms with E-state index in [-0.39, 0.29) is 23.8 Å². The first-order chi connectivity index (χ1) is 14.5. The van der Waals surface area contributed by atoms with Crippen LogP contribution in [0.25, 0.3) is 11.1 Å². The minimum absolute atomic E-state index is 0.00902. The van der Waals surface area contributed by atoms with Crippen LogP contribution in [0.4, 0.5) is 5.69 Å². The molecule has 0 aliphatic heterocycles. The average Bonchev–Trinajstić information content (AvgIpc) is 2.79. The lowest BCUT2D eigenvalue weighted by atomic mass is 9.83. The molecule has 1 saturated carbocycles. The molecular formula is C23H24N2O5. The maximum atomic E-state index is 13.1. The summed E-state index contributed by atoms with van der Waals surface area (Å²) in [4.78, 5) is 40.0. The van der Waals surface area contributed by atoms with Crippen molar-refractivity contribution < 1.29 is 19.3 Å². The van der Waals surface area contributed by atoms with Gasteiger partial charge in [-0.25, -0.2) is 4.79 Å². The quantitative estimate of drug-likeness (QED) is 0.203. The van der Waals surface area contributed by atoms with E-state index >= 15 is 0 Å². The lowest BCUT2D eigenvalue weighted by Crippen LogP contribution is -2.27. The van der Waals surface area contributed by atoms with Gasteiger partial charge in [0.05, 0.1) is 4.92 Å². The number of benzene rings is 2. The fourth-order valence-electron chi connectivity index (χ4n) is 3.58. The Kier molecular flexibility index (Phi) is 7.06. The predicted octanol–water partition coefficient (Wildman–Crippen LogP) is 5.33. The molecule has 1 fully saturated rings. The van der Waals surface area contributed by atoms with Crippen LogP contribution in [0, 0.1) is 16.0 Å². The minimum Gasteiger partial charge on any atom is -0.318 e. The van der Waals surface area contributed by atoms with Gasteiger partial charge in [-0.3, -0.25) is 14.9 Å². The minimum atomic E-state index is -0.468. The molecule has 0 heterocycles. The molecule has 0 N–H and O–H groups in total. The second-order valence-corrected chi connectivity index (χ2v) is 7.34. The Labute approximate surface area is 174 Å². The third-order valence-electron chi connectivity index (χ3n) is 5.32. The van der Waals surface area contributed by atoms with E-state index in [2.05, 4.69) is 5.16 Å². The van der Waals surface area contributed by atoms with Gasteiger partial charge in [-0.1, -0.05) is 55.6 Å². The summed E-state index contributed by atoms with van der Waals surface area (Å²) < 4.78 is 0. The van der Waals surface area contributed by atoms with Gasteiger partial charge < -0.3 is 4.84 Å². The molecule has 0 amide bonds. The van der Waals surface area contributed by atoms with Crippen LogP contribution in [0.2, 0.25) is 0 Å². The Morgan fingerprint density at radius 2 is 1.57 bits per heavy atom. The van der Waals surface area contributed by atoms with E-state index in [1.54, 1.807) is 43.3 Å². The third kappa shape index (κ3) is 5.17. The molecule has 30 heavy (non-hydrogen) atoms. The predicted molar refractivity (Wildman–Crippen MR) is 113 cm³/mol. The number of non-ortho nitro benzene ring substituents is 1. The average molecular weight is 408 g/mol. The SMILES string of the molecule is CCC(=O)O/N=C(\C(=O)c1ccc(-c2ccc([N+](=O)[O-])cc2)cc1)C1CCCCC1. The van der Waals surface area contributed by atoms with Crippen molar-refractivity contribution >= 4 is 23.2 Å². The van der Waals surface area contributed by atoms with Crippen LogP contribution < -0.4 is 0 Å². The Balaban J connectivity index is 1.82. The molecule has 0 radical (unpaired) electrons. The van der Waals surface area contributed by atoms with Crippen molar-refractivity contribution in [2.75, 3.05) is 0 Å². The topological polar surface area (TPSA) is 98.9 Å². The molecule has 7 nitrogen and oxygen atoms in total. The molecule has 0 saturated heterocycles. The molecule has 2 aromatic carbocycles. The normalized spacial score (nSPS) is 14.9. The summed E-state index contributed by atoms with van der Waals surface area (Å²) in [5, 5.41) is 14.8. The molecule has 7 heteroatoms. The van der Waals surface area contributed by atoms with E-state index in [1.165, 1.54) is 12.1 Å². The number of oxime groups is 1. The monoisotopic (exact) mass is 408 g/mol. The number of carbonyl (C=O) groups is 2. The molecule has 3 rings (SSSR count). The van der Waals surface area contributed by atoms with E-state index in [1.807, 2.05) is 0 Å². The van der Waals surface area contributed by atoms with Gasteiger partial charge in [0.25, 0.3) is 5.69 Å². The lowest BCUT2D eigenvalue weighted by molar-refractivity contribution is -0.384. The number of carbonyl (C=O) groups excluding carboxylic acids is 2. The van der Waals surface area contributed by atoms with Crippen molar-refractivity contribution in [1.29, 1.82) is 0 Å². The number of nitrogens with zero attached hydrogens (tertiary/aromatic N) is 2. The van der Waals surface area contributed by atoms with E-state index < -0.39 is 10.9 Å². The molecule has 0 spiro atoms. The third-order valence-corrected chi connectivity index (χ3v) is 5.32. The molecule has 0 atom stereocenters. The highest BCUT2D eigenvalue weighted by molar-refractivity contribution is 6.46. The summed E-state index contributed by atoms with van der Waals surface area (Å²) in [7, 11) is 0. The van der Waals surface area contributed by atoms with E-state index in [9.17, 15) is 19.7 Å². The van der Waals surface area contributed by atoms with Gasteiger partial charge in [0.2, 0.25) is 5.78 Å². The Morgan fingerprint density at radius 3 is 2.10 bits per heavy atom. The molecule has 1 aliphatic rings. The standard InChI is InChI=1S/C23H24N2O5/c1-2-21(26)30-24-22(18-6-4-3-5-7-18)23(27)19-10-8-16(9-11-19)17-12-14-20(15-13-17)25(28)29/h8-15,18H,2-7H2,1H3/b24-22-. The molecule has 0 unspecified atom stereocenters.